The zero-order valence-corrected chi connectivity index (χ0v) is 8.63. The number of phenols is 1. The summed E-state index contributed by atoms with van der Waals surface area (Å²) in [5, 5.41) is 26.7. The Balaban J connectivity index is 2.53. The van der Waals surface area contributed by atoms with Gasteiger partial charge in [-0.15, -0.1) is 0 Å². The highest BCUT2D eigenvalue weighted by molar-refractivity contribution is 5.25. The number of rotatable bonds is 6. The van der Waals surface area contributed by atoms with Crippen LogP contribution in [0.15, 0.2) is 24.3 Å². The molecule has 0 unspecified atom stereocenters. The topological polar surface area (TPSA) is 63.9 Å². The van der Waals surface area contributed by atoms with Crippen LogP contribution in [0.1, 0.15) is 5.56 Å². The molecule has 0 spiro atoms. The maximum atomic E-state index is 9.10. The Kier molecular flexibility index (Phi) is 5.10. The van der Waals surface area contributed by atoms with Crippen molar-refractivity contribution in [3.05, 3.63) is 29.8 Å². The predicted octanol–water partition coefficient (Wildman–Crippen LogP) is 0.179. The fraction of sp³-hybridized carbons (Fsp3) is 0.455. The predicted molar refractivity (Wildman–Crippen MR) is 57.6 cm³/mol. The van der Waals surface area contributed by atoms with E-state index in [1.54, 1.807) is 12.1 Å². The van der Waals surface area contributed by atoms with Gasteiger partial charge in [-0.3, -0.25) is 4.90 Å². The number of benzene rings is 1. The number of aliphatic hydroxyl groups is 2. The zero-order chi connectivity index (χ0) is 11.1. The van der Waals surface area contributed by atoms with Crippen molar-refractivity contribution in [2.24, 2.45) is 0 Å². The Morgan fingerprint density at radius 3 is 1.93 bits per heavy atom. The van der Waals surface area contributed by atoms with Crippen LogP contribution in [0.25, 0.3) is 0 Å². The molecule has 0 aliphatic heterocycles. The third kappa shape index (κ3) is 4.29. The van der Waals surface area contributed by atoms with Crippen LogP contribution < -0.4 is 0 Å². The lowest BCUT2D eigenvalue weighted by atomic mass is 10.2. The fourth-order valence-corrected chi connectivity index (χ4v) is 1.41. The average Bonchev–Trinajstić information content (AvgIpc) is 2.22. The summed E-state index contributed by atoms with van der Waals surface area (Å²) in [6, 6.07) is 6.92. The molecule has 0 amide bonds. The highest BCUT2D eigenvalue weighted by Crippen LogP contribution is 2.11. The summed E-state index contributed by atoms with van der Waals surface area (Å²) < 4.78 is 0. The SMILES string of the molecule is OCCN(CCO)Cc1ccc(O)cc1. The van der Waals surface area contributed by atoms with Crippen LogP contribution in [0.4, 0.5) is 0 Å². The molecule has 15 heavy (non-hydrogen) atoms. The normalized spacial score (nSPS) is 10.9. The monoisotopic (exact) mass is 211 g/mol. The third-order valence-corrected chi connectivity index (χ3v) is 2.17. The van der Waals surface area contributed by atoms with Gasteiger partial charge in [-0.05, 0) is 17.7 Å². The maximum absolute atomic E-state index is 9.10. The van der Waals surface area contributed by atoms with Gasteiger partial charge in [0.2, 0.25) is 0 Å². The van der Waals surface area contributed by atoms with Gasteiger partial charge < -0.3 is 15.3 Å². The van der Waals surface area contributed by atoms with Crippen molar-refractivity contribution in [3.63, 3.8) is 0 Å². The Hall–Kier alpha value is -1.10. The van der Waals surface area contributed by atoms with Crippen LogP contribution in [0.3, 0.4) is 0 Å². The summed E-state index contributed by atoms with van der Waals surface area (Å²) >= 11 is 0. The minimum atomic E-state index is 0.0814. The van der Waals surface area contributed by atoms with E-state index in [0.29, 0.717) is 19.6 Å². The van der Waals surface area contributed by atoms with Crippen molar-refractivity contribution in [2.75, 3.05) is 26.3 Å². The molecule has 0 heterocycles. The number of phenolic OH excluding ortho intramolecular Hbond substituents is 1. The summed E-state index contributed by atoms with van der Waals surface area (Å²) in [6.45, 7) is 1.92. The number of aliphatic hydroxyl groups excluding tert-OH is 2. The van der Waals surface area contributed by atoms with Crippen molar-refractivity contribution >= 4 is 0 Å². The molecule has 0 aliphatic rings. The number of hydrogen-bond donors (Lipinski definition) is 3. The van der Waals surface area contributed by atoms with Crippen LogP contribution in [-0.2, 0) is 6.54 Å². The number of hydrogen-bond acceptors (Lipinski definition) is 4. The lowest BCUT2D eigenvalue weighted by Crippen LogP contribution is -2.29. The smallest absolute Gasteiger partial charge is 0.115 e. The van der Waals surface area contributed by atoms with Gasteiger partial charge >= 0.3 is 0 Å². The van der Waals surface area contributed by atoms with E-state index >= 15 is 0 Å². The molecule has 84 valence electrons. The molecule has 1 rings (SSSR count). The van der Waals surface area contributed by atoms with Gasteiger partial charge in [0.1, 0.15) is 5.75 Å². The van der Waals surface area contributed by atoms with E-state index in [1.807, 2.05) is 17.0 Å². The first-order valence-electron chi connectivity index (χ1n) is 4.98. The Bertz CT molecular complexity index is 268. The van der Waals surface area contributed by atoms with E-state index in [9.17, 15) is 0 Å². The van der Waals surface area contributed by atoms with Crippen LogP contribution in [0.2, 0.25) is 0 Å². The summed E-state index contributed by atoms with van der Waals surface area (Å²) in [4.78, 5) is 1.95. The quantitative estimate of drug-likeness (QED) is 0.628. The molecule has 0 saturated heterocycles. The van der Waals surface area contributed by atoms with Crippen molar-refractivity contribution in [1.82, 2.24) is 4.90 Å². The lowest BCUT2D eigenvalue weighted by molar-refractivity contribution is 0.156. The maximum Gasteiger partial charge on any atom is 0.115 e. The molecular formula is C11H17NO3. The highest BCUT2D eigenvalue weighted by Gasteiger charge is 2.04. The molecule has 4 heteroatoms. The van der Waals surface area contributed by atoms with Gasteiger partial charge in [0, 0.05) is 19.6 Å². The van der Waals surface area contributed by atoms with Crippen molar-refractivity contribution in [1.29, 1.82) is 0 Å². The third-order valence-electron chi connectivity index (χ3n) is 2.17. The molecule has 0 aromatic heterocycles. The van der Waals surface area contributed by atoms with Crippen molar-refractivity contribution < 1.29 is 15.3 Å². The van der Waals surface area contributed by atoms with Gasteiger partial charge in [0.05, 0.1) is 13.2 Å². The molecule has 0 radical (unpaired) electrons. The Morgan fingerprint density at radius 1 is 0.933 bits per heavy atom. The molecule has 3 N–H and O–H groups in total. The minimum absolute atomic E-state index is 0.0814. The molecule has 0 atom stereocenters. The van der Waals surface area contributed by atoms with E-state index in [4.69, 9.17) is 15.3 Å². The van der Waals surface area contributed by atoms with E-state index in [2.05, 4.69) is 0 Å². The van der Waals surface area contributed by atoms with Gasteiger partial charge in [-0.25, -0.2) is 0 Å². The summed E-state index contributed by atoms with van der Waals surface area (Å²) in [5.41, 5.74) is 1.05. The van der Waals surface area contributed by atoms with Gasteiger partial charge in [0.15, 0.2) is 0 Å². The molecule has 0 saturated carbocycles. The fourth-order valence-electron chi connectivity index (χ4n) is 1.41. The second-order valence-corrected chi connectivity index (χ2v) is 3.39. The molecular weight excluding hydrogens is 194 g/mol. The van der Waals surface area contributed by atoms with Crippen LogP contribution in [0.5, 0.6) is 5.75 Å². The first kappa shape index (κ1) is 12.0. The molecule has 0 fully saturated rings. The van der Waals surface area contributed by atoms with E-state index in [0.717, 1.165) is 5.56 Å². The standard InChI is InChI=1S/C11H17NO3/c13-7-5-12(6-8-14)9-10-1-3-11(15)4-2-10/h1-4,13-15H,5-9H2. The second-order valence-electron chi connectivity index (χ2n) is 3.39. The van der Waals surface area contributed by atoms with E-state index < -0.39 is 0 Å². The van der Waals surface area contributed by atoms with Crippen LogP contribution in [-0.4, -0.2) is 46.5 Å². The summed E-state index contributed by atoms with van der Waals surface area (Å²) in [5.74, 6) is 0.245. The van der Waals surface area contributed by atoms with Crippen LogP contribution >= 0.6 is 0 Å². The Labute approximate surface area is 89.4 Å². The largest absolute Gasteiger partial charge is 0.508 e. The summed E-state index contributed by atoms with van der Waals surface area (Å²) in [7, 11) is 0. The lowest BCUT2D eigenvalue weighted by Gasteiger charge is -2.19. The molecule has 1 aromatic rings. The van der Waals surface area contributed by atoms with E-state index in [1.165, 1.54) is 0 Å². The van der Waals surface area contributed by atoms with Crippen LogP contribution in [0, 0.1) is 0 Å². The zero-order valence-electron chi connectivity index (χ0n) is 8.63. The van der Waals surface area contributed by atoms with E-state index in [-0.39, 0.29) is 19.0 Å². The first-order valence-corrected chi connectivity index (χ1v) is 4.98. The highest BCUT2D eigenvalue weighted by atomic mass is 16.3. The second kappa shape index (κ2) is 6.40. The number of aromatic hydroxyl groups is 1. The molecule has 1 aromatic carbocycles. The van der Waals surface area contributed by atoms with Gasteiger partial charge in [-0.2, -0.15) is 0 Å². The minimum Gasteiger partial charge on any atom is -0.508 e. The van der Waals surface area contributed by atoms with Gasteiger partial charge in [-0.1, -0.05) is 12.1 Å². The van der Waals surface area contributed by atoms with Gasteiger partial charge in [0.25, 0.3) is 0 Å². The Morgan fingerprint density at radius 2 is 1.47 bits per heavy atom. The first-order chi connectivity index (χ1) is 7.26. The molecule has 0 bridgehead atoms. The summed E-state index contributed by atoms with van der Waals surface area (Å²) in [6.07, 6.45) is 0. The molecule has 4 nitrogen and oxygen atoms in total. The molecule has 0 aliphatic carbocycles. The number of nitrogens with zero attached hydrogens (tertiary/aromatic N) is 1. The average molecular weight is 211 g/mol. The van der Waals surface area contributed by atoms with Crippen molar-refractivity contribution in [2.45, 2.75) is 6.54 Å². The van der Waals surface area contributed by atoms with Crippen molar-refractivity contribution in [3.8, 4) is 5.75 Å².